The van der Waals surface area contributed by atoms with Crippen LogP contribution >= 0.6 is 0 Å². The van der Waals surface area contributed by atoms with Crippen molar-refractivity contribution in [2.45, 2.75) is 33.3 Å². The van der Waals surface area contributed by atoms with E-state index in [1.807, 2.05) is 32.0 Å². The number of aryl methyl sites for hydroxylation is 1. The number of aliphatic hydroxyl groups is 1. The van der Waals surface area contributed by atoms with E-state index in [-0.39, 0.29) is 5.91 Å². The molecule has 106 valence electrons. The van der Waals surface area contributed by atoms with Gasteiger partial charge in [0, 0.05) is 25.8 Å². The first kappa shape index (κ1) is 15.5. The predicted octanol–water partition coefficient (Wildman–Crippen LogP) is 2.27. The summed E-state index contributed by atoms with van der Waals surface area (Å²) < 4.78 is 0. The summed E-state index contributed by atoms with van der Waals surface area (Å²) in [6, 6.07) is 5.75. The number of likely N-dealkylation sites (N-methyl/N-ethyl adjacent to an activating group) is 1. The number of benzene rings is 1. The highest BCUT2D eigenvalue weighted by Crippen LogP contribution is 2.20. The first-order valence-corrected chi connectivity index (χ1v) is 6.58. The Kier molecular flexibility index (Phi) is 4.95. The molecule has 19 heavy (non-hydrogen) atoms. The topological polar surface area (TPSA) is 52.6 Å². The molecule has 0 saturated heterocycles. The fourth-order valence-corrected chi connectivity index (χ4v) is 2.02. The van der Waals surface area contributed by atoms with Gasteiger partial charge in [-0.25, -0.2) is 0 Å². The summed E-state index contributed by atoms with van der Waals surface area (Å²) in [5.74, 6) is -0.0577. The highest BCUT2D eigenvalue weighted by Gasteiger charge is 2.23. The van der Waals surface area contributed by atoms with Crippen LogP contribution in [0.15, 0.2) is 18.2 Å². The third kappa shape index (κ3) is 4.24. The number of anilines is 1. The van der Waals surface area contributed by atoms with E-state index in [1.165, 1.54) is 0 Å². The fourth-order valence-electron chi connectivity index (χ4n) is 2.02. The Morgan fingerprint density at radius 1 is 1.42 bits per heavy atom. The molecule has 1 rings (SSSR count). The second-order valence-electron chi connectivity index (χ2n) is 5.43. The van der Waals surface area contributed by atoms with Crippen molar-refractivity contribution in [1.82, 2.24) is 4.90 Å². The van der Waals surface area contributed by atoms with Gasteiger partial charge in [0.15, 0.2) is 0 Å². The van der Waals surface area contributed by atoms with E-state index in [0.717, 1.165) is 11.3 Å². The maximum Gasteiger partial charge on any atom is 0.256 e. The van der Waals surface area contributed by atoms with Gasteiger partial charge in [0.1, 0.15) is 0 Å². The lowest BCUT2D eigenvalue weighted by Gasteiger charge is -2.28. The number of amides is 1. The summed E-state index contributed by atoms with van der Waals surface area (Å²) in [4.78, 5) is 14.2. The van der Waals surface area contributed by atoms with Crippen molar-refractivity contribution in [3.63, 3.8) is 0 Å². The summed E-state index contributed by atoms with van der Waals surface area (Å²) in [6.07, 6.45) is 0. The molecule has 0 aliphatic heterocycles. The summed E-state index contributed by atoms with van der Waals surface area (Å²) in [5.41, 5.74) is 1.61. The van der Waals surface area contributed by atoms with E-state index < -0.39 is 5.60 Å². The highest BCUT2D eigenvalue weighted by atomic mass is 16.3. The molecule has 4 heteroatoms. The Morgan fingerprint density at radius 2 is 2.05 bits per heavy atom. The second kappa shape index (κ2) is 6.06. The van der Waals surface area contributed by atoms with Crippen LogP contribution < -0.4 is 5.32 Å². The normalized spacial score (nSPS) is 11.3. The standard InChI is InChI=1S/C15H24N2O2/c1-6-17(10-15(3,4)19)14(18)12-9-11(2)7-8-13(12)16-5/h7-9,16,19H,6,10H2,1-5H3. The van der Waals surface area contributed by atoms with Gasteiger partial charge in [0.05, 0.1) is 11.2 Å². The summed E-state index contributed by atoms with van der Waals surface area (Å²) in [7, 11) is 1.80. The van der Waals surface area contributed by atoms with E-state index >= 15 is 0 Å². The predicted molar refractivity (Wildman–Crippen MR) is 78.6 cm³/mol. The zero-order valence-electron chi connectivity index (χ0n) is 12.4. The molecule has 0 heterocycles. The minimum absolute atomic E-state index is 0.0577. The van der Waals surface area contributed by atoms with Gasteiger partial charge in [0.2, 0.25) is 0 Å². The van der Waals surface area contributed by atoms with Gasteiger partial charge in [-0.2, -0.15) is 0 Å². The van der Waals surface area contributed by atoms with Crippen molar-refractivity contribution in [2.75, 3.05) is 25.5 Å². The van der Waals surface area contributed by atoms with Crippen LogP contribution in [0.25, 0.3) is 0 Å². The van der Waals surface area contributed by atoms with Crippen molar-refractivity contribution in [3.05, 3.63) is 29.3 Å². The van der Waals surface area contributed by atoms with Crippen LogP contribution in [0, 0.1) is 6.92 Å². The largest absolute Gasteiger partial charge is 0.389 e. The van der Waals surface area contributed by atoms with Crippen LogP contribution in [-0.2, 0) is 0 Å². The van der Waals surface area contributed by atoms with E-state index in [9.17, 15) is 9.90 Å². The first-order valence-electron chi connectivity index (χ1n) is 6.58. The molecule has 0 aliphatic carbocycles. The van der Waals surface area contributed by atoms with Crippen LogP contribution in [0.3, 0.4) is 0 Å². The molecule has 1 aromatic carbocycles. The van der Waals surface area contributed by atoms with Gasteiger partial charge in [-0.1, -0.05) is 11.6 Å². The van der Waals surface area contributed by atoms with Crippen LogP contribution in [0.2, 0.25) is 0 Å². The maximum absolute atomic E-state index is 12.6. The lowest BCUT2D eigenvalue weighted by Crippen LogP contribution is -2.42. The molecule has 0 saturated carbocycles. The minimum Gasteiger partial charge on any atom is -0.389 e. The van der Waals surface area contributed by atoms with Crippen LogP contribution in [0.4, 0.5) is 5.69 Å². The van der Waals surface area contributed by atoms with Crippen LogP contribution in [-0.4, -0.2) is 41.7 Å². The van der Waals surface area contributed by atoms with Gasteiger partial charge in [0.25, 0.3) is 5.91 Å². The molecule has 0 fully saturated rings. The molecule has 0 aromatic heterocycles. The van der Waals surface area contributed by atoms with Gasteiger partial charge in [-0.3, -0.25) is 4.79 Å². The molecule has 0 atom stereocenters. The number of nitrogens with one attached hydrogen (secondary N) is 1. The van der Waals surface area contributed by atoms with E-state index in [1.54, 1.807) is 25.8 Å². The highest BCUT2D eigenvalue weighted by molar-refractivity contribution is 5.99. The summed E-state index contributed by atoms with van der Waals surface area (Å²) in [6.45, 7) is 8.18. The fraction of sp³-hybridized carbons (Fsp3) is 0.533. The van der Waals surface area contributed by atoms with E-state index in [4.69, 9.17) is 0 Å². The molecule has 1 amide bonds. The van der Waals surface area contributed by atoms with Crippen molar-refractivity contribution >= 4 is 11.6 Å². The molecular formula is C15H24N2O2. The molecule has 2 N–H and O–H groups in total. The Labute approximate surface area is 115 Å². The lowest BCUT2D eigenvalue weighted by atomic mass is 10.1. The zero-order valence-corrected chi connectivity index (χ0v) is 12.4. The lowest BCUT2D eigenvalue weighted by molar-refractivity contribution is 0.0315. The number of nitrogens with zero attached hydrogens (tertiary/aromatic N) is 1. The zero-order chi connectivity index (χ0) is 14.6. The maximum atomic E-state index is 12.6. The second-order valence-corrected chi connectivity index (χ2v) is 5.43. The number of hydrogen-bond acceptors (Lipinski definition) is 3. The van der Waals surface area contributed by atoms with Gasteiger partial charge < -0.3 is 15.3 Å². The Balaban J connectivity index is 3.06. The monoisotopic (exact) mass is 264 g/mol. The van der Waals surface area contributed by atoms with Crippen LogP contribution in [0.5, 0.6) is 0 Å². The SMILES string of the molecule is CCN(CC(C)(C)O)C(=O)c1cc(C)ccc1NC. The van der Waals surface area contributed by atoms with Crippen LogP contribution in [0.1, 0.15) is 36.7 Å². The third-order valence-electron chi connectivity index (χ3n) is 2.92. The number of rotatable bonds is 5. The van der Waals surface area contributed by atoms with Gasteiger partial charge in [-0.05, 0) is 39.8 Å². The van der Waals surface area contributed by atoms with Crippen molar-refractivity contribution in [3.8, 4) is 0 Å². The van der Waals surface area contributed by atoms with Crippen molar-refractivity contribution in [2.24, 2.45) is 0 Å². The molecule has 0 spiro atoms. The number of hydrogen-bond donors (Lipinski definition) is 2. The van der Waals surface area contributed by atoms with E-state index in [2.05, 4.69) is 5.32 Å². The smallest absolute Gasteiger partial charge is 0.256 e. The quantitative estimate of drug-likeness (QED) is 0.858. The molecule has 4 nitrogen and oxygen atoms in total. The first-order chi connectivity index (χ1) is 8.78. The minimum atomic E-state index is -0.894. The molecular weight excluding hydrogens is 240 g/mol. The molecule has 0 bridgehead atoms. The average molecular weight is 264 g/mol. The summed E-state index contributed by atoms with van der Waals surface area (Å²) >= 11 is 0. The molecule has 0 unspecified atom stereocenters. The van der Waals surface area contributed by atoms with E-state index in [0.29, 0.717) is 18.7 Å². The Hall–Kier alpha value is -1.55. The Bertz CT molecular complexity index is 450. The molecule has 1 aromatic rings. The number of carbonyl (C=O) groups excluding carboxylic acids is 1. The molecule has 0 radical (unpaired) electrons. The van der Waals surface area contributed by atoms with Gasteiger partial charge >= 0.3 is 0 Å². The van der Waals surface area contributed by atoms with Gasteiger partial charge in [-0.15, -0.1) is 0 Å². The summed E-state index contributed by atoms with van der Waals surface area (Å²) in [5, 5.41) is 12.9. The number of carbonyl (C=O) groups is 1. The average Bonchev–Trinajstić information content (AvgIpc) is 2.34. The molecule has 0 aliphatic rings. The van der Waals surface area contributed by atoms with Crippen molar-refractivity contribution in [1.29, 1.82) is 0 Å². The Morgan fingerprint density at radius 3 is 2.53 bits per heavy atom. The third-order valence-corrected chi connectivity index (χ3v) is 2.92. The van der Waals surface area contributed by atoms with Crippen molar-refractivity contribution < 1.29 is 9.90 Å².